The Labute approximate surface area is 147 Å². The summed E-state index contributed by atoms with van der Waals surface area (Å²) in [5.41, 5.74) is 0.796. The Morgan fingerprint density at radius 3 is 2.46 bits per heavy atom. The molecule has 2 aliphatic heterocycles. The summed E-state index contributed by atoms with van der Waals surface area (Å²) in [5.74, 6) is 0.0867. The molecule has 1 spiro atoms. The summed E-state index contributed by atoms with van der Waals surface area (Å²) in [7, 11) is 1.80. The highest BCUT2D eigenvalue weighted by molar-refractivity contribution is 6.31. The van der Waals surface area contributed by atoms with Crippen molar-refractivity contribution in [3.63, 3.8) is 0 Å². The molecule has 6 heteroatoms. The number of likely N-dealkylation sites (tertiary alicyclic amines) is 1. The van der Waals surface area contributed by atoms with Gasteiger partial charge in [-0.2, -0.15) is 0 Å². The highest BCUT2D eigenvalue weighted by Crippen LogP contribution is 2.48. The number of halogens is 1. The highest BCUT2D eigenvalue weighted by Gasteiger charge is 2.51. The summed E-state index contributed by atoms with van der Waals surface area (Å²) in [4.78, 5) is 28.5. The molecule has 24 heavy (non-hydrogen) atoms. The Morgan fingerprint density at radius 1 is 1.25 bits per heavy atom. The van der Waals surface area contributed by atoms with E-state index in [4.69, 9.17) is 16.3 Å². The minimum Gasteiger partial charge on any atom is -0.444 e. The molecule has 0 radical (unpaired) electrons. The minimum absolute atomic E-state index is 0.0867. The van der Waals surface area contributed by atoms with Gasteiger partial charge < -0.3 is 14.5 Å². The van der Waals surface area contributed by atoms with Gasteiger partial charge in [0.05, 0.1) is 5.41 Å². The maximum Gasteiger partial charge on any atom is 0.410 e. The predicted octanol–water partition coefficient (Wildman–Crippen LogP) is 3.59. The van der Waals surface area contributed by atoms with Gasteiger partial charge in [-0.3, -0.25) is 4.79 Å². The summed E-state index contributed by atoms with van der Waals surface area (Å²) >= 11 is 6.16. The average Bonchev–Trinajstić information content (AvgIpc) is 2.69. The third-order valence-electron chi connectivity index (χ3n) is 4.82. The van der Waals surface area contributed by atoms with Gasteiger partial charge in [-0.1, -0.05) is 11.6 Å². The normalized spacial score (nSPS) is 19.6. The van der Waals surface area contributed by atoms with Crippen LogP contribution in [-0.4, -0.2) is 42.6 Å². The molecule has 0 unspecified atom stereocenters. The first-order chi connectivity index (χ1) is 11.1. The molecule has 1 aromatic rings. The Bertz CT molecular complexity index is 688. The second kappa shape index (κ2) is 5.66. The molecule has 0 atom stereocenters. The highest BCUT2D eigenvalue weighted by atomic mass is 35.5. The van der Waals surface area contributed by atoms with Crippen molar-refractivity contribution < 1.29 is 14.3 Å². The number of amides is 2. The number of carbonyl (C=O) groups excluding carboxylic acids is 2. The molecule has 2 aliphatic rings. The first-order valence-electron chi connectivity index (χ1n) is 8.20. The molecule has 2 heterocycles. The SMILES string of the molecule is CN1C(=O)C2(CCN(C(=O)OC(C)(C)C)CC2)c2cc(Cl)ccc21. The number of piperidine rings is 1. The largest absolute Gasteiger partial charge is 0.444 e. The van der Waals surface area contributed by atoms with Crippen molar-refractivity contribution in [3.05, 3.63) is 28.8 Å². The van der Waals surface area contributed by atoms with Gasteiger partial charge in [0, 0.05) is 30.8 Å². The van der Waals surface area contributed by atoms with Crippen molar-refractivity contribution >= 4 is 29.3 Å². The topological polar surface area (TPSA) is 49.9 Å². The number of fused-ring (bicyclic) bond motifs is 2. The van der Waals surface area contributed by atoms with Crippen LogP contribution in [0.15, 0.2) is 18.2 Å². The molecule has 130 valence electrons. The van der Waals surface area contributed by atoms with Crippen LogP contribution in [0.5, 0.6) is 0 Å². The maximum absolute atomic E-state index is 12.9. The summed E-state index contributed by atoms with van der Waals surface area (Å²) in [6.07, 6.45) is 0.855. The summed E-state index contributed by atoms with van der Waals surface area (Å²) in [5, 5.41) is 0.630. The van der Waals surface area contributed by atoms with Crippen molar-refractivity contribution in [1.82, 2.24) is 4.90 Å². The summed E-state index contributed by atoms with van der Waals surface area (Å²) < 4.78 is 5.44. The second-order valence-corrected chi connectivity index (χ2v) is 8.01. The van der Waals surface area contributed by atoms with Crippen LogP contribution in [-0.2, 0) is 14.9 Å². The molecule has 0 aromatic heterocycles. The van der Waals surface area contributed by atoms with E-state index in [1.165, 1.54) is 0 Å². The second-order valence-electron chi connectivity index (χ2n) is 7.58. The van der Waals surface area contributed by atoms with Gasteiger partial charge in [0.25, 0.3) is 0 Å². The lowest BCUT2D eigenvalue weighted by Crippen LogP contribution is -2.50. The van der Waals surface area contributed by atoms with Crippen molar-refractivity contribution in [2.45, 2.75) is 44.6 Å². The van der Waals surface area contributed by atoms with Gasteiger partial charge in [0.1, 0.15) is 5.60 Å². The number of nitrogens with zero attached hydrogens (tertiary/aromatic N) is 2. The summed E-state index contributed by atoms with van der Waals surface area (Å²) in [6, 6.07) is 5.59. The molecule has 1 saturated heterocycles. The Balaban J connectivity index is 1.82. The van der Waals surface area contributed by atoms with Gasteiger partial charge >= 0.3 is 6.09 Å². The fourth-order valence-electron chi connectivity index (χ4n) is 3.61. The summed E-state index contributed by atoms with van der Waals surface area (Å²) in [6.45, 7) is 6.55. The number of benzene rings is 1. The van der Waals surface area contributed by atoms with E-state index in [1.807, 2.05) is 32.9 Å². The molecule has 0 N–H and O–H groups in total. The smallest absolute Gasteiger partial charge is 0.410 e. The number of likely N-dealkylation sites (N-methyl/N-ethyl adjacent to an activating group) is 1. The number of hydrogen-bond donors (Lipinski definition) is 0. The fourth-order valence-corrected chi connectivity index (χ4v) is 3.78. The lowest BCUT2D eigenvalue weighted by Gasteiger charge is -2.38. The molecule has 0 bridgehead atoms. The fraction of sp³-hybridized carbons (Fsp3) is 0.556. The van der Waals surface area contributed by atoms with Gasteiger partial charge in [0.2, 0.25) is 5.91 Å². The number of carbonyl (C=O) groups is 2. The third kappa shape index (κ3) is 2.75. The molecule has 5 nitrogen and oxygen atoms in total. The Hall–Kier alpha value is -1.75. The number of ether oxygens (including phenoxy) is 1. The monoisotopic (exact) mass is 350 g/mol. The van der Waals surface area contributed by atoms with Gasteiger partial charge in [0.15, 0.2) is 0 Å². The van der Waals surface area contributed by atoms with Gasteiger partial charge in [-0.25, -0.2) is 4.79 Å². The number of rotatable bonds is 0. The van der Waals surface area contributed by atoms with Crippen LogP contribution < -0.4 is 4.90 Å². The zero-order valence-corrected chi connectivity index (χ0v) is 15.3. The van der Waals surface area contributed by atoms with Crippen LogP contribution in [0.4, 0.5) is 10.5 Å². The van der Waals surface area contributed by atoms with Crippen LogP contribution in [0.2, 0.25) is 5.02 Å². The third-order valence-corrected chi connectivity index (χ3v) is 5.05. The van der Waals surface area contributed by atoms with E-state index >= 15 is 0 Å². The van der Waals surface area contributed by atoms with Crippen LogP contribution in [0, 0.1) is 0 Å². The molecule has 0 aliphatic carbocycles. The van der Waals surface area contributed by atoms with E-state index in [1.54, 1.807) is 22.9 Å². The van der Waals surface area contributed by atoms with E-state index < -0.39 is 11.0 Å². The molecule has 1 aromatic carbocycles. The van der Waals surface area contributed by atoms with E-state index in [2.05, 4.69) is 0 Å². The van der Waals surface area contributed by atoms with Crippen LogP contribution in [0.25, 0.3) is 0 Å². The number of anilines is 1. The van der Waals surface area contributed by atoms with Crippen molar-refractivity contribution in [2.24, 2.45) is 0 Å². The zero-order chi connectivity index (χ0) is 17.7. The lowest BCUT2D eigenvalue weighted by molar-refractivity contribution is -0.124. The van der Waals surface area contributed by atoms with Crippen molar-refractivity contribution in [2.75, 3.05) is 25.0 Å². The van der Waals surface area contributed by atoms with E-state index in [-0.39, 0.29) is 12.0 Å². The minimum atomic E-state index is -0.576. The van der Waals surface area contributed by atoms with Crippen molar-refractivity contribution in [3.8, 4) is 0 Å². The standard InChI is InChI=1S/C18H23ClN2O3/c1-17(2,3)24-16(23)21-9-7-18(8-10-21)13-11-12(19)5-6-14(13)20(4)15(18)22/h5-6,11H,7-10H2,1-4H3. The van der Waals surface area contributed by atoms with Crippen LogP contribution >= 0.6 is 11.6 Å². The van der Waals surface area contributed by atoms with Gasteiger partial charge in [-0.15, -0.1) is 0 Å². The zero-order valence-electron chi connectivity index (χ0n) is 14.6. The van der Waals surface area contributed by atoms with Gasteiger partial charge in [-0.05, 0) is 57.4 Å². The quantitative estimate of drug-likeness (QED) is 0.718. The molecule has 3 rings (SSSR count). The van der Waals surface area contributed by atoms with E-state index in [9.17, 15) is 9.59 Å². The molecule has 0 saturated carbocycles. The van der Waals surface area contributed by atoms with Crippen LogP contribution in [0.3, 0.4) is 0 Å². The van der Waals surface area contributed by atoms with E-state index in [0.717, 1.165) is 11.3 Å². The predicted molar refractivity (Wildman–Crippen MR) is 93.6 cm³/mol. The Morgan fingerprint density at radius 2 is 1.88 bits per heavy atom. The molecule has 1 fully saturated rings. The maximum atomic E-state index is 12.9. The molecular formula is C18H23ClN2O3. The van der Waals surface area contributed by atoms with Crippen LogP contribution in [0.1, 0.15) is 39.2 Å². The van der Waals surface area contributed by atoms with Crippen molar-refractivity contribution in [1.29, 1.82) is 0 Å². The molecule has 2 amide bonds. The first kappa shape index (κ1) is 17.1. The number of hydrogen-bond acceptors (Lipinski definition) is 3. The van der Waals surface area contributed by atoms with E-state index in [0.29, 0.717) is 31.0 Å². The lowest BCUT2D eigenvalue weighted by atomic mass is 9.73. The average molecular weight is 351 g/mol. The molecular weight excluding hydrogens is 328 g/mol. The first-order valence-corrected chi connectivity index (χ1v) is 8.58. The Kier molecular flexibility index (Phi) is 4.03.